The molecule has 14 heavy (non-hydrogen) atoms. The van der Waals surface area contributed by atoms with Crippen molar-refractivity contribution in [2.45, 2.75) is 23.8 Å². The van der Waals surface area contributed by atoms with Gasteiger partial charge in [-0.1, -0.05) is 6.92 Å². The zero-order chi connectivity index (χ0) is 9.97. The Morgan fingerprint density at radius 2 is 2.29 bits per heavy atom. The molecule has 2 nitrogen and oxygen atoms in total. The van der Waals surface area contributed by atoms with Crippen LogP contribution in [0.3, 0.4) is 0 Å². The van der Waals surface area contributed by atoms with Gasteiger partial charge in [0.1, 0.15) is 0 Å². The molecular formula is C10H14O2S2. The molecule has 2 aliphatic heterocycles. The lowest BCUT2D eigenvalue weighted by Gasteiger charge is -2.26. The van der Waals surface area contributed by atoms with E-state index in [9.17, 15) is 4.79 Å². The second-order valence-electron chi connectivity index (χ2n) is 3.44. The summed E-state index contributed by atoms with van der Waals surface area (Å²) < 4.78 is 5.31. The molecule has 4 heteroatoms. The number of rotatable bonds is 2. The summed E-state index contributed by atoms with van der Waals surface area (Å²) in [5.74, 6) is 3.05. The molecule has 0 aliphatic carbocycles. The van der Waals surface area contributed by atoms with Crippen molar-refractivity contribution in [3.63, 3.8) is 0 Å². The highest BCUT2D eigenvalue weighted by molar-refractivity contribution is 8.07. The number of ketones is 1. The fourth-order valence-corrected chi connectivity index (χ4v) is 4.35. The topological polar surface area (TPSA) is 26.3 Å². The first-order valence-corrected chi connectivity index (χ1v) is 6.99. The average Bonchev–Trinajstić information content (AvgIpc) is 2.70. The highest BCUT2D eigenvalue weighted by Crippen LogP contribution is 2.33. The molecule has 0 amide bonds. The Hall–Kier alpha value is -0.0900. The third kappa shape index (κ3) is 2.11. The first-order chi connectivity index (χ1) is 6.79. The van der Waals surface area contributed by atoms with Gasteiger partial charge in [0.05, 0.1) is 11.9 Å². The van der Waals surface area contributed by atoms with Gasteiger partial charge in [0.2, 0.25) is 5.78 Å². The van der Waals surface area contributed by atoms with E-state index >= 15 is 0 Å². The molecule has 2 atom stereocenters. The molecule has 2 heterocycles. The first-order valence-electron chi connectivity index (χ1n) is 4.89. The summed E-state index contributed by atoms with van der Waals surface area (Å²) in [7, 11) is 0. The maximum absolute atomic E-state index is 12.0. The van der Waals surface area contributed by atoms with Gasteiger partial charge in [0.25, 0.3) is 0 Å². The Labute approximate surface area is 92.8 Å². The number of carbonyl (C=O) groups excluding carboxylic acids is 1. The molecule has 0 aromatic heterocycles. The van der Waals surface area contributed by atoms with Crippen molar-refractivity contribution >= 4 is 29.3 Å². The maximum atomic E-state index is 12.0. The van der Waals surface area contributed by atoms with Crippen LogP contribution in [0.1, 0.15) is 13.3 Å². The second kappa shape index (κ2) is 4.62. The van der Waals surface area contributed by atoms with Gasteiger partial charge in [-0.25, -0.2) is 0 Å². The molecule has 1 saturated heterocycles. The highest BCUT2D eigenvalue weighted by atomic mass is 32.2. The van der Waals surface area contributed by atoms with Gasteiger partial charge in [0, 0.05) is 23.2 Å². The smallest absolute Gasteiger partial charge is 0.211 e. The minimum absolute atomic E-state index is 0.109. The molecule has 0 saturated carbocycles. The van der Waals surface area contributed by atoms with E-state index < -0.39 is 0 Å². The molecule has 0 radical (unpaired) electrons. The third-order valence-electron chi connectivity index (χ3n) is 2.39. The Morgan fingerprint density at radius 3 is 2.93 bits per heavy atom. The summed E-state index contributed by atoms with van der Waals surface area (Å²) in [6.07, 6.45) is 2.81. The van der Waals surface area contributed by atoms with E-state index in [1.54, 1.807) is 11.8 Å². The summed E-state index contributed by atoms with van der Waals surface area (Å²) in [6.45, 7) is 2.81. The minimum atomic E-state index is 0.109. The standard InChI is InChI=1S/C10H14O2S2/c1-7-10(14-6-5-13-7)9(11)8-3-2-4-12-8/h3,7,10H,2,4-6H2,1H3. The van der Waals surface area contributed by atoms with Gasteiger partial charge in [-0.15, -0.1) is 11.8 Å². The number of hydrogen-bond acceptors (Lipinski definition) is 4. The number of ether oxygens (including phenoxy) is 1. The molecule has 0 N–H and O–H groups in total. The van der Waals surface area contributed by atoms with Crippen molar-refractivity contribution in [1.29, 1.82) is 0 Å². The van der Waals surface area contributed by atoms with Crippen LogP contribution < -0.4 is 0 Å². The van der Waals surface area contributed by atoms with E-state index in [4.69, 9.17) is 4.74 Å². The van der Waals surface area contributed by atoms with E-state index in [2.05, 4.69) is 6.92 Å². The minimum Gasteiger partial charge on any atom is -0.490 e. The Morgan fingerprint density at radius 1 is 1.50 bits per heavy atom. The van der Waals surface area contributed by atoms with Crippen LogP contribution in [0.5, 0.6) is 0 Å². The van der Waals surface area contributed by atoms with Crippen LogP contribution in [0, 0.1) is 0 Å². The van der Waals surface area contributed by atoms with Crippen molar-refractivity contribution in [2.24, 2.45) is 0 Å². The number of hydrogen-bond donors (Lipinski definition) is 0. The Kier molecular flexibility index (Phi) is 3.44. The van der Waals surface area contributed by atoms with Gasteiger partial charge in [-0.05, 0) is 6.08 Å². The lowest BCUT2D eigenvalue weighted by Crippen LogP contribution is -2.32. The van der Waals surface area contributed by atoms with Crippen LogP contribution >= 0.6 is 23.5 Å². The Bertz CT molecular complexity index is 263. The van der Waals surface area contributed by atoms with E-state index in [1.807, 2.05) is 17.8 Å². The zero-order valence-corrected chi connectivity index (χ0v) is 9.83. The van der Waals surface area contributed by atoms with E-state index in [-0.39, 0.29) is 11.0 Å². The van der Waals surface area contributed by atoms with Gasteiger partial charge in [0.15, 0.2) is 5.76 Å². The third-order valence-corrected chi connectivity index (χ3v) is 5.48. The first kappa shape index (κ1) is 10.4. The van der Waals surface area contributed by atoms with Gasteiger partial charge in [-0.3, -0.25) is 4.79 Å². The van der Waals surface area contributed by atoms with E-state index in [0.717, 1.165) is 17.9 Å². The van der Waals surface area contributed by atoms with Crippen molar-refractivity contribution in [1.82, 2.24) is 0 Å². The number of thioether (sulfide) groups is 2. The molecular weight excluding hydrogens is 216 g/mol. The second-order valence-corrected chi connectivity index (χ2v) is 6.17. The van der Waals surface area contributed by atoms with E-state index in [0.29, 0.717) is 17.6 Å². The summed E-state index contributed by atoms with van der Waals surface area (Å²) in [5, 5.41) is 0.532. The molecule has 2 aliphatic rings. The van der Waals surface area contributed by atoms with Gasteiger partial charge in [-0.2, -0.15) is 11.8 Å². The van der Waals surface area contributed by atoms with Crippen LogP contribution in [-0.4, -0.2) is 34.4 Å². The van der Waals surface area contributed by atoms with Gasteiger partial charge < -0.3 is 4.74 Å². The summed E-state index contributed by atoms with van der Waals surface area (Å²) in [4.78, 5) is 12.0. The van der Waals surface area contributed by atoms with Crippen molar-refractivity contribution in [3.05, 3.63) is 11.8 Å². The fraction of sp³-hybridized carbons (Fsp3) is 0.700. The molecule has 0 aromatic carbocycles. The molecule has 0 aromatic rings. The van der Waals surface area contributed by atoms with Crippen molar-refractivity contribution < 1.29 is 9.53 Å². The largest absolute Gasteiger partial charge is 0.490 e. The fourth-order valence-electron chi connectivity index (χ4n) is 1.65. The van der Waals surface area contributed by atoms with Crippen LogP contribution in [0.15, 0.2) is 11.8 Å². The molecule has 0 spiro atoms. The normalized spacial score (nSPS) is 32.2. The summed E-state index contributed by atoms with van der Waals surface area (Å²) >= 11 is 3.66. The molecule has 1 fully saturated rings. The molecule has 2 rings (SSSR count). The molecule has 2 unspecified atom stereocenters. The summed E-state index contributed by atoms with van der Waals surface area (Å²) in [5.41, 5.74) is 0. The van der Waals surface area contributed by atoms with Crippen LogP contribution in [-0.2, 0) is 9.53 Å². The van der Waals surface area contributed by atoms with E-state index in [1.165, 1.54) is 0 Å². The van der Waals surface area contributed by atoms with Crippen LogP contribution in [0.25, 0.3) is 0 Å². The lowest BCUT2D eigenvalue weighted by molar-refractivity contribution is -0.117. The maximum Gasteiger partial charge on any atom is 0.211 e. The zero-order valence-electron chi connectivity index (χ0n) is 8.19. The number of carbonyl (C=O) groups is 1. The van der Waals surface area contributed by atoms with Crippen molar-refractivity contribution in [2.75, 3.05) is 18.1 Å². The lowest BCUT2D eigenvalue weighted by atomic mass is 10.2. The monoisotopic (exact) mass is 230 g/mol. The predicted molar refractivity (Wildman–Crippen MR) is 61.8 cm³/mol. The quantitative estimate of drug-likeness (QED) is 0.725. The summed E-state index contributed by atoms with van der Waals surface area (Å²) in [6, 6.07) is 0. The molecule has 78 valence electrons. The average molecular weight is 230 g/mol. The van der Waals surface area contributed by atoms with Gasteiger partial charge >= 0.3 is 0 Å². The predicted octanol–water partition coefficient (Wildman–Crippen LogP) is 2.10. The number of allylic oxidation sites excluding steroid dienone is 1. The Balaban J connectivity index is 2.02. The molecule has 0 bridgehead atoms. The number of Topliss-reactive ketones (excluding diaryl/α,β-unsaturated/α-hetero) is 1. The van der Waals surface area contributed by atoms with Crippen LogP contribution in [0.2, 0.25) is 0 Å². The van der Waals surface area contributed by atoms with Crippen molar-refractivity contribution in [3.8, 4) is 0 Å². The highest BCUT2D eigenvalue weighted by Gasteiger charge is 2.32. The SMILES string of the molecule is CC1SCCSC1C(=O)C1=CCCO1. The van der Waals surface area contributed by atoms with Crippen LogP contribution in [0.4, 0.5) is 0 Å².